The van der Waals surface area contributed by atoms with Gasteiger partial charge in [0.25, 0.3) is 5.69 Å². The molecule has 2 aromatic carbocycles. The Morgan fingerprint density at radius 2 is 1.96 bits per heavy atom. The minimum atomic E-state index is -0.623. The smallest absolute Gasteiger partial charge is 0.343 e. The molecule has 0 bridgehead atoms. The van der Waals surface area contributed by atoms with Crippen LogP contribution in [0.5, 0.6) is 5.75 Å². The van der Waals surface area contributed by atoms with Gasteiger partial charge < -0.3 is 14.4 Å². The molecule has 1 heterocycles. The maximum absolute atomic E-state index is 12.3. The third kappa shape index (κ3) is 3.95. The van der Waals surface area contributed by atoms with Crippen molar-refractivity contribution in [1.29, 1.82) is 0 Å². The largest absolute Gasteiger partial charge is 0.423 e. The number of rotatable bonds is 4. The molecule has 0 spiro atoms. The van der Waals surface area contributed by atoms with Gasteiger partial charge in [-0.3, -0.25) is 10.1 Å². The third-order valence-corrected chi connectivity index (χ3v) is 3.96. The van der Waals surface area contributed by atoms with E-state index in [1.165, 1.54) is 6.07 Å². The first kappa shape index (κ1) is 16.9. The zero-order valence-corrected chi connectivity index (χ0v) is 13.8. The van der Waals surface area contributed by atoms with E-state index in [0.29, 0.717) is 37.7 Å². The van der Waals surface area contributed by atoms with Crippen molar-refractivity contribution in [3.8, 4) is 5.75 Å². The molecule has 0 atom stereocenters. The van der Waals surface area contributed by atoms with Crippen LogP contribution in [0.4, 0.5) is 11.4 Å². The number of anilines is 1. The van der Waals surface area contributed by atoms with Crippen molar-refractivity contribution in [3.63, 3.8) is 0 Å². The molecule has 7 nitrogen and oxygen atoms in total. The van der Waals surface area contributed by atoms with E-state index in [9.17, 15) is 14.9 Å². The third-order valence-electron chi connectivity index (χ3n) is 3.96. The van der Waals surface area contributed by atoms with Gasteiger partial charge in [-0.05, 0) is 36.8 Å². The summed E-state index contributed by atoms with van der Waals surface area (Å²) in [5, 5.41) is 11.4. The van der Waals surface area contributed by atoms with Crippen LogP contribution in [0.3, 0.4) is 0 Å². The number of morpholine rings is 1. The number of nitro groups is 1. The number of nitrogens with zero attached hydrogens (tertiary/aromatic N) is 2. The molecule has 25 heavy (non-hydrogen) atoms. The van der Waals surface area contributed by atoms with Crippen molar-refractivity contribution < 1.29 is 19.2 Å². The summed E-state index contributed by atoms with van der Waals surface area (Å²) in [7, 11) is 0. The highest BCUT2D eigenvalue weighted by Crippen LogP contribution is 2.30. The van der Waals surface area contributed by atoms with Crippen molar-refractivity contribution in [1.82, 2.24) is 0 Å². The molecule has 0 aliphatic carbocycles. The van der Waals surface area contributed by atoms with Gasteiger partial charge in [-0.2, -0.15) is 0 Å². The van der Waals surface area contributed by atoms with E-state index >= 15 is 0 Å². The Kier molecular flexibility index (Phi) is 4.95. The van der Waals surface area contributed by atoms with Gasteiger partial charge in [0.1, 0.15) is 11.4 Å². The standard InChI is InChI=1S/C18H18N2O5/c1-13-3-2-4-15(11-13)25-18(21)14-5-6-16(17(12-14)20(22)23)19-7-9-24-10-8-19/h2-6,11-12H,7-10H2,1H3. The number of carbonyl (C=O) groups excluding carboxylic acids is 1. The Hall–Kier alpha value is -2.93. The first-order valence-electron chi connectivity index (χ1n) is 7.94. The minimum Gasteiger partial charge on any atom is -0.423 e. The summed E-state index contributed by atoms with van der Waals surface area (Å²) < 4.78 is 10.6. The van der Waals surface area contributed by atoms with Crippen molar-refractivity contribution >= 4 is 17.3 Å². The van der Waals surface area contributed by atoms with Gasteiger partial charge in [-0.1, -0.05) is 12.1 Å². The van der Waals surface area contributed by atoms with Gasteiger partial charge in [0.05, 0.1) is 23.7 Å². The van der Waals surface area contributed by atoms with E-state index in [1.54, 1.807) is 30.3 Å². The highest BCUT2D eigenvalue weighted by Gasteiger charge is 2.24. The Bertz CT molecular complexity index is 800. The van der Waals surface area contributed by atoms with Crippen LogP contribution >= 0.6 is 0 Å². The fourth-order valence-electron chi connectivity index (χ4n) is 2.71. The molecule has 0 saturated carbocycles. The molecule has 1 fully saturated rings. The number of hydrogen-bond acceptors (Lipinski definition) is 6. The predicted octanol–water partition coefficient (Wildman–Crippen LogP) is 2.96. The predicted molar refractivity (Wildman–Crippen MR) is 92.3 cm³/mol. The maximum Gasteiger partial charge on any atom is 0.343 e. The maximum atomic E-state index is 12.3. The molecular weight excluding hydrogens is 324 g/mol. The topological polar surface area (TPSA) is 81.9 Å². The van der Waals surface area contributed by atoms with Crippen LogP contribution in [-0.4, -0.2) is 37.2 Å². The molecule has 130 valence electrons. The number of aryl methyl sites for hydroxylation is 1. The van der Waals surface area contributed by atoms with Crippen LogP contribution in [0.15, 0.2) is 42.5 Å². The number of ether oxygens (including phenoxy) is 2. The van der Waals surface area contributed by atoms with Crippen LogP contribution in [0.1, 0.15) is 15.9 Å². The quantitative estimate of drug-likeness (QED) is 0.368. The molecule has 1 saturated heterocycles. The molecule has 1 aliphatic rings. The zero-order valence-electron chi connectivity index (χ0n) is 13.8. The summed E-state index contributed by atoms with van der Waals surface area (Å²) in [6.45, 7) is 4.09. The number of hydrogen-bond donors (Lipinski definition) is 0. The second-order valence-corrected chi connectivity index (χ2v) is 5.77. The number of nitro benzene ring substituents is 1. The van der Waals surface area contributed by atoms with Crippen LogP contribution in [0, 0.1) is 17.0 Å². The van der Waals surface area contributed by atoms with E-state index < -0.39 is 10.9 Å². The molecule has 7 heteroatoms. The van der Waals surface area contributed by atoms with Crippen molar-refractivity contribution in [2.24, 2.45) is 0 Å². The lowest BCUT2D eigenvalue weighted by molar-refractivity contribution is -0.384. The first-order chi connectivity index (χ1) is 12.0. The number of esters is 1. The minimum absolute atomic E-state index is 0.111. The van der Waals surface area contributed by atoms with E-state index in [1.807, 2.05) is 17.9 Å². The fraction of sp³-hybridized carbons (Fsp3) is 0.278. The van der Waals surface area contributed by atoms with Crippen molar-refractivity contribution in [3.05, 3.63) is 63.7 Å². The molecular formula is C18H18N2O5. The average molecular weight is 342 g/mol. The molecule has 0 amide bonds. The fourth-order valence-corrected chi connectivity index (χ4v) is 2.71. The van der Waals surface area contributed by atoms with Crippen molar-refractivity contribution in [2.75, 3.05) is 31.2 Å². The summed E-state index contributed by atoms with van der Waals surface area (Å²) in [5.41, 5.74) is 1.48. The SMILES string of the molecule is Cc1cccc(OC(=O)c2ccc(N3CCOCC3)c([N+](=O)[O-])c2)c1. The molecule has 2 aromatic rings. The lowest BCUT2D eigenvalue weighted by Crippen LogP contribution is -2.36. The normalized spacial score (nSPS) is 14.2. The summed E-state index contributed by atoms with van der Waals surface area (Å²) >= 11 is 0. The summed E-state index contributed by atoms with van der Waals surface area (Å²) in [6.07, 6.45) is 0. The molecule has 0 radical (unpaired) electrons. The van der Waals surface area contributed by atoms with E-state index in [0.717, 1.165) is 5.56 Å². The lowest BCUT2D eigenvalue weighted by Gasteiger charge is -2.28. The van der Waals surface area contributed by atoms with Gasteiger partial charge in [-0.15, -0.1) is 0 Å². The lowest BCUT2D eigenvalue weighted by atomic mass is 10.1. The summed E-state index contributed by atoms with van der Waals surface area (Å²) in [4.78, 5) is 25.2. The Balaban J connectivity index is 1.85. The van der Waals surface area contributed by atoms with E-state index in [-0.39, 0.29) is 11.3 Å². The second-order valence-electron chi connectivity index (χ2n) is 5.77. The summed E-state index contributed by atoms with van der Waals surface area (Å²) in [6, 6.07) is 11.5. The monoisotopic (exact) mass is 342 g/mol. The van der Waals surface area contributed by atoms with Crippen molar-refractivity contribution in [2.45, 2.75) is 6.92 Å². The van der Waals surface area contributed by atoms with Gasteiger partial charge in [0.15, 0.2) is 0 Å². The molecule has 0 aromatic heterocycles. The molecule has 1 aliphatic heterocycles. The van der Waals surface area contributed by atoms with Gasteiger partial charge >= 0.3 is 5.97 Å². The molecule has 0 N–H and O–H groups in total. The van der Waals surface area contributed by atoms with Crippen LogP contribution < -0.4 is 9.64 Å². The zero-order chi connectivity index (χ0) is 17.8. The Morgan fingerprint density at radius 1 is 1.20 bits per heavy atom. The highest BCUT2D eigenvalue weighted by molar-refractivity contribution is 5.93. The highest BCUT2D eigenvalue weighted by atomic mass is 16.6. The van der Waals surface area contributed by atoms with Crippen LogP contribution in [0.25, 0.3) is 0 Å². The Morgan fingerprint density at radius 3 is 2.64 bits per heavy atom. The molecule has 3 rings (SSSR count). The number of carbonyl (C=O) groups is 1. The van der Waals surface area contributed by atoms with E-state index in [2.05, 4.69) is 0 Å². The van der Waals surface area contributed by atoms with Crippen LogP contribution in [0.2, 0.25) is 0 Å². The Labute approximate surface area is 144 Å². The summed E-state index contributed by atoms with van der Waals surface area (Å²) in [5.74, 6) is -0.216. The first-order valence-corrected chi connectivity index (χ1v) is 7.94. The van der Waals surface area contributed by atoms with Crippen LogP contribution in [-0.2, 0) is 4.74 Å². The number of benzene rings is 2. The van der Waals surface area contributed by atoms with Gasteiger partial charge in [-0.25, -0.2) is 4.79 Å². The average Bonchev–Trinajstić information content (AvgIpc) is 2.62. The van der Waals surface area contributed by atoms with Gasteiger partial charge in [0.2, 0.25) is 0 Å². The molecule has 0 unspecified atom stereocenters. The van der Waals surface area contributed by atoms with E-state index in [4.69, 9.17) is 9.47 Å². The second kappa shape index (κ2) is 7.31. The van der Waals surface area contributed by atoms with Gasteiger partial charge in [0, 0.05) is 19.2 Å².